The topological polar surface area (TPSA) is 18.5 Å². The van der Waals surface area contributed by atoms with E-state index in [1.807, 2.05) is 7.05 Å². The van der Waals surface area contributed by atoms with Gasteiger partial charge in [-0.15, -0.1) is 0 Å². The highest BCUT2D eigenvalue weighted by Gasteiger charge is 2.26. The Hall–Kier alpha value is -0.120. The summed E-state index contributed by atoms with van der Waals surface area (Å²) in [5.41, 5.74) is 0.226. The van der Waals surface area contributed by atoms with Crippen molar-refractivity contribution in [3.63, 3.8) is 0 Å². The standard InChI is InChI=1S/C11H25N3/c1-10-8-13(5)6-7-14(10)9-11(2,3)12-4/h10,12H,6-9H2,1-5H3. The van der Waals surface area contributed by atoms with Crippen LogP contribution in [0.15, 0.2) is 0 Å². The van der Waals surface area contributed by atoms with Crippen molar-refractivity contribution in [1.82, 2.24) is 15.1 Å². The molecule has 1 unspecified atom stereocenters. The average molecular weight is 199 g/mol. The van der Waals surface area contributed by atoms with Crippen LogP contribution in [0.4, 0.5) is 0 Å². The fourth-order valence-electron chi connectivity index (χ4n) is 2.00. The van der Waals surface area contributed by atoms with Crippen LogP contribution >= 0.6 is 0 Å². The zero-order chi connectivity index (χ0) is 10.8. The first kappa shape index (κ1) is 12.0. The van der Waals surface area contributed by atoms with Crippen LogP contribution in [-0.2, 0) is 0 Å². The lowest BCUT2D eigenvalue weighted by Gasteiger charge is -2.42. The van der Waals surface area contributed by atoms with Gasteiger partial charge in [-0.05, 0) is 34.9 Å². The van der Waals surface area contributed by atoms with Crippen molar-refractivity contribution in [2.24, 2.45) is 0 Å². The highest BCUT2D eigenvalue weighted by Crippen LogP contribution is 2.12. The van der Waals surface area contributed by atoms with E-state index in [0.29, 0.717) is 6.04 Å². The fraction of sp³-hybridized carbons (Fsp3) is 1.00. The maximum atomic E-state index is 3.37. The Kier molecular flexibility index (Phi) is 3.93. The molecule has 0 aromatic rings. The molecule has 0 aromatic carbocycles. The molecule has 0 spiro atoms. The predicted octanol–water partition coefficient (Wildman–Crippen LogP) is 0.620. The van der Waals surface area contributed by atoms with Gasteiger partial charge in [0.2, 0.25) is 0 Å². The molecule has 0 aromatic heterocycles. The van der Waals surface area contributed by atoms with E-state index < -0.39 is 0 Å². The average Bonchev–Trinajstić information content (AvgIpc) is 2.10. The number of rotatable bonds is 3. The summed E-state index contributed by atoms with van der Waals surface area (Å²) in [4.78, 5) is 4.99. The molecule has 1 aliphatic heterocycles. The van der Waals surface area contributed by atoms with E-state index in [-0.39, 0.29) is 5.54 Å². The predicted molar refractivity (Wildman–Crippen MR) is 61.7 cm³/mol. The lowest BCUT2D eigenvalue weighted by Crippen LogP contribution is -2.56. The van der Waals surface area contributed by atoms with E-state index in [9.17, 15) is 0 Å². The number of nitrogens with zero attached hydrogens (tertiary/aromatic N) is 2. The van der Waals surface area contributed by atoms with E-state index >= 15 is 0 Å². The monoisotopic (exact) mass is 199 g/mol. The molecule has 1 aliphatic rings. The third-order valence-corrected chi connectivity index (χ3v) is 3.24. The second kappa shape index (κ2) is 4.60. The van der Waals surface area contributed by atoms with Crippen LogP contribution in [0.25, 0.3) is 0 Å². The smallest absolute Gasteiger partial charge is 0.0249 e. The van der Waals surface area contributed by atoms with Crippen LogP contribution in [0.5, 0.6) is 0 Å². The van der Waals surface area contributed by atoms with E-state index in [1.54, 1.807) is 0 Å². The summed E-state index contributed by atoms with van der Waals surface area (Å²) >= 11 is 0. The lowest BCUT2D eigenvalue weighted by atomic mass is 10.0. The first-order valence-corrected chi connectivity index (χ1v) is 5.56. The van der Waals surface area contributed by atoms with Crippen molar-refractivity contribution in [2.75, 3.05) is 40.3 Å². The van der Waals surface area contributed by atoms with Crippen LogP contribution < -0.4 is 5.32 Å². The molecule has 0 bridgehead atoms. The van der Waals surface area contributed by atoms with Crippen LogP contribution in [0.2, 0.25) is 0 Å². The minimum atomic E-state index is 0.226. The van der Waals surface area contributed by atoms with E-state index in [1.165, 1.54) is 19.6 Å². The maximum Gasteiger partial charge on any atom is 0.0249 e. The highest BCUT2D eigenvalue weighted by atomic mass is 15.3. The number of hydrogen-bond donors (Lipinski definition) is 1. The van der Waals surface area contributed by atoms with Crippen molar-refractivity contribution in [2.45, 2.75) is 32.4 Å². The third kappa shape index (κ3) is 3.23. The fourth-order valence-corrected chi connectivity index (χ4v) is 2.00. The minimum absolute atomic E-state index is 0.226. The molecule has 1 fully saturated rings. The summed E-state index contributed by atoms with van der Waals surface area (Å²) in [6, 6.07) is 0.682. The molecule has 1 atom stereocenters. The molecule has 1 saturated heterocycles. The Morgan fingerprint density at radius 3 is 2.50 bits per heavy atom. The van der Waals surface area contributed by atoms with Crippen LogP contribution in [-0.4, -0.2) is 61.7 Å². The molecule has 1 rings (SSSR count). The van der Waals surface area contributed by atoms with Crippen LogP contribution in [0.3, 0.4) is 0 Å². The zero-order valence-electron chi connectivity index (χ0n) is 10.3. The molecular formula is C11H25N3. The summed E-state index contributed by atoms with van der Waals surface area (Å²) in [7, 11) is 4.25. The normalized spacial score (nSPS) is 26.8. The third-order valence-electron chi connectivity index (χ3n) is 3.24. The molecule has 3 heteroatoms. The molecule has 14 heavy (non-hydrogen) atoms. The molecule has 0 saturated carbocycles. The molecule has 3 nitrogen and oxygen atoms in total. The van der Waals surface area contributed by atoms with Gasteiger partial charge in [0.25, 0.3) is 0 Å². The number of piperazine rings is 1. The van der Waals surface area contributed by atoms with Gasteiger partial charge in [0.05, 0.1) is 0 Å². The molecule has 0 amide bonds. The van der Waals surface area contributed by atoms with E-state index in [2.05, 4.69) is 42.9 Å². The van der Waals surface area contributed by atoms with E-state index in [4.69, 9.17) is 0 Å². The molecule has 1 N–H and O–H groups in total. The van der Waals surface area contributed by atoms with Gasteiger partial charge >= 0.3 is 0 Å². The zero-order valence-corrected chi connectivity index (χ0v) is 10.3. The van der Waals surface area contributed by atoms with Crippen LogP contribution in [0.1, 0.15) is 20.8 Å². The summed E-state index contributed by atoms with van der Waals surface area (Å²) in [6.07, 6.45) is 0. The maximum absolute atomic E-state index is 3.37. The first-order valence-electron chi connectivity index (χ1n) is 5.56. The van der Waals surface area contributed by atoms with Crippen LogP contribution in [0, 0.1) is 0 Å². The van der Waals surface area contributed by atoms with Crippen molar-refractivity contribution in [3.05, 3.63) is 0 Å². The van der Waals surface area contributed by atoms with Crippen molar-refractivity contribution >= 4 is 0 Å². The van der Waals surface area contributed by atoms with Crippen molar-refractivity contribution in [1.29, 1.82) is 0 Å². The van der Waals surface area contributed by atoms with E-state index in [0.717, 1.165) is 6.54 Å². The summed E-state index contributed by atoms with van der Waals surface area (Å²) < 4.78 is 0. The van der Waals surface area contributed by atoms with Gasteiger partial charge in [-0.2, -0.15) is 0 Å². The number of nitrogens with one attached hydrogen (secondary N) is 1. The first-order chi connectivity index (χ1) is 6.44. The minimum Gasteiger partial charge on any atom is -0.314 e. The van der Waals surface area contributed by atoms with Crippen molar-refractivity contribution in [3.8, 4) is 0 Å². The van der Waals surface area contributed by atoms with Gasteiger partial charge in [0.1, 0.15) is 0 Å². The number of hydrogen-bond acceptors (Lipinski definition) is 3. The molecule has 84 valence electrons. The molecular weight excluding hydrogens is 174 g/mol. The highest BCUT2D eigenvalue weighted by molar-refractivity contribution is 4.85. The largest absolute Gasteiger partial charge is 0.314 e. The Morgan fingerprint density at radius 1 is 1.36 bits per heavy atom. The van der Waals surface area contributed by atoms with Gasteiger partial charge in [-0.25, -0.2) is 0 Å². The Balaban J connectivity index is 2.45. The SMILES string of the molecule is CNC(C)(C)CN1CCN(C)CC1C. The van der Waals surface area contributed by atoms with Gasteiger partial charge in [0, 0.05) is 37.8 Å². The Morgan fingerprint density at radius 2 is 2.00 bits per heavy atom. The Labute approximate surface area is 88.5 Å². The molecule has 0 aliphatic carbocycles. The molecule has 1 heterocycles. The summed E-state index contributed by atoms with van der Waals surface area (Å²) in [6.45, 7) is 11.6. The number of likely N-dealkylation sites (N-methyl/N-ethyl adjacent to an activating group) is 2. The summed E-state index contributed by atoms with van der Waals surface area (Å²) in [5, 5.41) is 3.37. The second-order valence-electron chi connectivity index (χ2n) is 5.22. The van der Waals surface area contributed by atoms with Gasteiger partial charge in [0.15, 0.2) is 0 Å². The van der Waals surface area contributed by atoms with Gasteiger partial charge in [-0.3, -0.25) is 4.90 Å². The second-order valence-corrected chi connectivity index (χ2v) is 5.22. The van der Waals surface area contributed by atoms with Gasteiger partial charge in [-0.1, -0.05) is 0 Å². The van der Waals surface area contributed by atoms with Crippen molar-refractivity contribution < 1.29 is 0 Å². The Bertz CT molecular complexity index is 179. The van der Waals surface area contributed by atoms with Gasteiger partial charge < -0.3 is 10.2 Å². The quantitative estimate of drug-likeness (QED) is 0.719. The molecule has 0 radical (unpaired) electrons. The summed E-state index contributed by atoms with van der Waals surface area (Å²) in [5.74, 6) is 0. The lowest BCUT2D eigenvalue weighted by molar-refractivity contribution is 0.0781.